The summed E-state index contributed by atoms with van der Waals surface area (Å²) in [5.41, 5.74) is 2.05. The van der Waals surface area contributed by atoms with Crippen molar-refractivity contribution >= 4 is 57.6 Å². The SMILES string of the molecule is CCOc1ccc([C@H]2C(C(=O)OC)=CN=c3s/c(=C/c4cc(I)cc(OC)c4OCc4cccc(Cl)c4)c(=O)n32)cc1OCC. The molecule has 2 heterocycles. The lowest BCUT2D eigenvalue weighted by Crippen LogP contribution is -2.39. The van der Waals surface area contributed by atoms with Gasteiger partial charge in [-0.25, -0.2) is 9.79 Å². The van der Waals surface area contributed by atoms with Crippen LogP contribution in [0.2, 0.25) is 5.02 Å². The second-order valence-corrected chi connectivity index (χ2v) is 12.4. The average molecular weight is 761 g/mol. The van der Waals surface area contributed by atoms with Gasteiger partial charge in [-0.15, -0.1) is 0 Å². The van der Waals surface area contributed by atoms with Gasteiger partial charge in [0.25, 0.3) is 5.56 Å². The normalized spacial score (nSPS) is 14.2. The molecule has 5 rings (SSSR count). The molecule has 0 N–H and O–H groups in total. The molecule has 0 saturated heterocycles. The first-order valence-electron chi connectivity index (χ1n) is 14.0. The van der Waals surface area contributed by atoms with E-state index in [0.29, 0.717) is 61.7 Å². The second kappa shape index (κ2) is 14.5. The van der Waals surface area contributed by atoms with Crippen molar-refractivity contribution in [1.29, 1.82) is 0 Å². The predicted octanol–water partition coefficient (Wildman–Crippen LogP) is 5.66. The lowest BCUT2D eigenvalue weighted by atomic mass is 9.97. The molecule has 0 saturated carbocycles. The molecule has 234 valence electrons. The standard InChI is InChI=1S/C33H30ClIN2O7S/c1-5-42-25-11-10-20(14-26(25)43-6-2)29-24(32(39)41-4)17-36-33-37(29)31(38)28(45-33)15-21-13-23(35)16-27(40-3)30(21)44-18-19-8-7-9-22(34)12-19/h7-17,29H,5-6,18H2,1-4H3/b28-15+/t29-/m0/s1. The number of ether oxygens (including phenoxy) is 5. The van der Waals surface area contributed by atoms with E-state index >= 15 is 0 Å². The molecular weight excluding hydrogens is 731 g/mol. The number of methoxy groups -OCH3 is 2. The molecule has 4 aromatic rings. The van der Waals surface area contributed by atoms with E-state index in [1.54, 1.807) is 31.4 Å². The number of hydrogen-bond acceptors (Lipinski definition) is 9. The summed E-state index contributed by atoms with van der Waals surface area (Å²) < 4.78 is 31.4. The maximum absolute atomic E-state index is 14.2. The summed E-state index contributed by atoms with van der Waals surface area (Å²) in [5, 5.41) is 0.605. The number of benzene rings is 3. The van der Waals surface area contributed by atoms with Gasteiger partial charge in [0.15, 0.2) is 27.8 Å². The minimum Gasteiger partial charge on any atom is -0.493 e. The monoisotopic (exact) mass is 760 g/mol. The van der Waals surface area contributed by atoms with Gasteiger partial charge in [-0.3, -0.25) is 9.36 Å². The fourth-order valence-electron chi connectivity index (χ4n) is 4.91. The summed E-state index contributed by atoms with van der Waals surface area (Å²) in [6, 6.07) is 15.7. The van der Waals surface area contributed by atoms with E-state index < -0.39 is 12.0 Å². The molecule has 0 unspecified atom stereocenters. The summed E-state index contributed by atoms with van der Waals surface area (Å²) in [4.78, 5) is 32.0. The predicted molar refractivity (Wildman–Crippen MR) is 181 cm³/mol. The summed E-state index contributed by atoms with van der Waals surface area (Å²) in [5.74, 6) is 1.48. The number of carbonyl (C=O) groups excluding carboxylic acids is 1. The summed E-state index contributed by atoms with van der Waals surface area (Å²) in [7, 11) is 2.86. The third-order valence-electron chi connectivity index (χ3n) is 6.84. The molecule has 1 aliphatic heterocycles. The Hall–Kier alpha value is -3.81. The molecule has 9 nitrogen and oxygen atoms in total. The van der Waals surface area contributed by atoms with Crippen molar-refractivity contribution < 1.29 is 28.5 Å². The van der Waals surface area contributed by atoms with Gasteiger partial charge in [0.2, 0.25) is 0 Å². The Morgan fingerprint density at radius 3 is 2.51 bits per heavy atom. The van der Waals surface area contributed by atoms with Crippen LogP contribution in [0.4, 0.5) is 0 Å². The Morgan fingerprint density at radius 2 is 1.80 bits per heavy atom. The van der Waals surface area contributed by atoms with Crippen molar-refractivity contribution in [3.05, 3.63) is 111 Å². The highest BCUT2D eigenvalue weighted by atomic mass is 127. The van der Waals surface area contributed by atoms with Crippen molar-refractivity contribution in [1.82, 2.24) is 4.57 Å². The molecule has 3 aromatic carbocycles. The quantitative estimate of drug-likeness (QED) is 0.144. The molecule has 12 heteroatoms. The summed E-state index contributed by atoms with van der Waals surface area (Å²) >= 11 is 9.57. The number of esters is 1. The number of aromatic nitrogens is 1. The summed E-state index contributed by atoms with van der Waals surface area (Å²) in [6.45, 7) is 4.86. The number of nitrogens with zero attached hydrogens (tertiary/aromatic N) is 2. The third kappa shape index (κ3) is 7.05. The maximum atomic E-state index is 14.2. The van der Waals surface area contributed by atoms with E-state index in [9.17, 15) is 9.59 Å². The van der Waals surface area contributed by atoms with Crippen LogP contribution in [0.25, 0.3) is 6.08 Å². The molecule has 1 aliphatic rings. The number of fused-ring (bicyclic) bond motifs is 1. The first-order valence-corrected chi connectivity index (χ1v) is 16.3. The average Bonchev–Trinajstić information content (AvgIpc) is 3.35. The van der Waals surface area contributed by atoms with Crippen LogP contribution in [0.3, 0.4) is 0 Å². The largest absolute Gasteiger partial charge is 0.493 e. The van der Waals surface area contributed by atoms with Gasteiger partial charge in [-0.1, -0.05) is 41.1 Å². The molecule has 1 atom stereocenters. The number of rotatable bonds is 11. The topological polar surface area (TPSA) is 97.6 Å². The second-order valence-electron chi connectivity index (χ2n) is 9.69. The van der Waals surface area contributed by atoms with Gasteiger partial charge in [-0.05, 0) is 90.0 Å². The minimum absolute atomic E-state index is 0.213. The van der Waals surface area contributed by atoms with Crippen LogP contribution in [0, 0.1) is 3.57 Å². The Labute approximate surface area is 282 Å². The minimum atomic E-state index is -0.810. The number of hydrogen-bond donors (Lipinski definition) is 0. The van der Waals surface area contributed by atoms with Gasteiger partial charge in [0.1, 0.15) is 6.61 Å². The van der Waals surface area contributed by atoms with E-state index in [4.69, 9.17) is 35.3 Å². The van der Waals surface area contributed by atoms with E-state index in [1.807, 2.05) is 50.2 Å². The van der Waals surface area contributed by atoms with Crippen molar-refractivity contribution in [2.75, 3.05) is 27.4 Å². The highest BCUT2D eigenvalue weighted by Gasteiger charge is 2.31. The molecule has 45 heavy (non-hydrogen) atoms. The first kappa shape index (κ1) is 32.6. The number of carbonyl (C=O) groups is 1. The van der Waals surface area contributed by atoms with Gasteiger partial charge in [-0.2, -0.15) is 0 Å². The Bertz CT molecular complexity index is 1950. The van der Waals surface area contributed by atoms with Crippen LogP contribution in [-0.4, -0.2) is 38.0 Å². The highest BCUT2D eigenvalue weighted by Crippen LogP contribution is 2.36. The Morgan fingerprint density at radius 1 is 1.02 bits per heavy atom. The highest BCUT2D eigenvalue weighted by molar-refractivity contribution is 14.1. The molecule has 1 aromatic heterocycles. The van der Waals surface area contributed by atoms with E-state index in [0.717, 1.165) is 9.13 Å². The molecule has 0 amide bonds. The van der Waals surface area contributed by atoms with Crippen LogP contribution in [0.5, 0.6) is 23.0 Å². The van der Waals surface area contributed by atoms with Crippen LogP contribution in [0.15, 0.2) is 76.2 Å². The first-order chi connectivity index (χ1) is 21.8. The number of halogens is 2. The van der Waals surface area contributed by atoms with Crippen molar-refractivity contribution in [2.45, 2.75) is 26.5 Å². The fourth-order valence-corrected chi connectivity index (χ4v) is 6.70. The molecule has 0 bridgehead atoms. The van der Waals surface area contributed by atoms with Gasteiger partial charge in [0.05, 0.1) is 43.6 Å². The van der Waals surface area contributed by atoms with Crippen molar-refractivity contribution in [2.24, 2.45) is 4.99 Å². The maximum Gasteiger partial charge on any atom is 0.337 e. The Kier molecular flexibility index (Phi) is 10.5. The lowest BCUT2D eigenvalue weighted by molar-refractivity contribution is -0.136. The van der Waals surface area contributed by atoms with E-state index in [-0.39, 0.29) is 17.7 Å². The van der Waals surface area contributed by atoms with Gasteiger partial charge < -0.3 is 23.7 Å². The zero-order valence-electron chi connectivity index (χ0n) is 25.0. The van der Waals surface area contributed by atoms with Gasteiger partial charge >= 0.3 is 5.97 Å². The molecule has 0 radical (unpaired) electrons. The van der Waals surface area contributed by atoms with E-state index in [1.165, 1.54) is 29.2 Å². The van der Waals surface area contributed by atoms with Gasteiger partial charge in [0, 0.05) is 20.4 Å². The molecular formula is C33H30ClIN2O7S. The van der Waals surface area contributed by atoms with Crippen molar-refractivity contribution in [3.8, 4) is 23.0 Å². The van der Waals surface area contributed by atoms with Crippen LogP contribution in [-0.2, 0) is 16.1 Å². The van der Waals surface area contributed by atoms with Crippen molar-refractivity contribution in [3.63, 3.8) is 0 Å². The lowest BCUT2D eigenvalue weighted by Gasteiger charge is -2.23. The van der Waals surface area contributed by atoms with Crippen LogP contribution < -0.4 is 33.8 Å². The fraction of sp³-hybridized carbons (Fsp3) is 0.242. The molecule has 0 aliphatic carbocycles. The smallest absolute Gasteiger partial charge is 0.337 e. The summed E-state index contributed by atoms with van der Waals surface area (Å²) in [6.07, 6.45) is 3.21. The van der Waals surface area contributed by atoms with Crippen LogP contribution in [0.1, 0.15) is 36.6 Å². The van der Waals surface area contributed by atoms with E-state index in [2.05, 4.69) is 27.6 Å². The molecule has 0 spiro atoms. The third-order valence-corrected chi connectivity index (χ3v) is 8.69. The van der Waals surface area contributed by atoms with Crippen LogP contribution >= 0.6 is 45.5 Å². The molecule has 0 fully saturated rings. The number of thiazole rings is 1. The zero-order chi connectivity index (χ0) is 32.1. The Balaban J connectivity index is 1.64. The zero-order valence-corrected chi connectivity index (χ0v) is 28.7.